The Morgan fingerprint density at radius 1 is 1.37 bits per heavy atom. The van der Waals surface area contributed by atoms with E-state index in [-0.39, 0.29) is 23.8 Å². The summed E-state index contributed by atoms with van der Waals surface area (Å²) in [6.45, 7) is 1.87. The van der Waals surface area contributed by atoms with E-state index in [0.717, 1.165) is 0 Å². The summed E-state index contributed by atoms with van der Waals surface area (Å²) in [5.74, 6) is -1.16. The molecule has 1 aromatic rings. The molecule has 0 spiro atoms. The summed E-state index contributed by atoms with van der Waals surface area (Å²) in [6, 6.07) is 3.44. The monoisotopic (exact) mass is 256 g/mol. The van der Waals surface area contributed by atoms with Gasteiger partial charge in [-0.05, 0) is 19.1 Å². The molecule has 19 heavy (non-hydrogen) atoms. The minimum absolute atomic E-state index is 0.180. The second kappa shape index (κ2) is 3.30. The smallest absolute Gasteiger partial charge is 0.241 e. The lowest BCUT2D eigenvalue weighted by Crippen LogP contribution is -2.38. The van der Waals surface area contributed by atoms with E-state index in [1.807, 2.05) is 19.1 Å². The van der Waals surface area contributed by atoms with E-state index in [4.69, 9.17) is 4.74 Å². The predicted octanol–water partition coefficient (Wildman–Crippen LogP) is 0.914. The lowest BCUT2D eigenvalue weighted by Gasteiger charge is -2.23. The second-order valence-electron chi connectivity index (χ2n) is 5.35. The summed E-state index contributed by atoms with van der Waals surface area (Å²) in [7, 11) is 0. The number of carbonyl (C=O) groups is 2. The van der Waals surface area contributed by atoms with E-state index in [1.165, 1.54) is 11.1 Å². The fourth-order valence-corrected chi connectivity index (χ4v) is 3.39. The average Bonchev–Trinajstić information content (AvgIpc) is 3.00. The van der Waals surface area contributed by atoms with Crippen LogP contribution in [0.3, 0.4) is 0 Å². The molecule has 0 aromatic carbocycles. The summed E-state index contributed by atoms with van der Waals surface area (Å²) < 4.78 is 5.76. The number of ether oxygens (including phenoxy) is 1. The SMILES string of the molecule is C[C@@]12C=C[C@@H](O1)[C@@H]1C(=O)N(c3cccnc3)C(=O)[C@H]12. The van der Waals surface area contributed by atoms with Crippen molar-refractivity contribution in [1.82, 2.24) is 4.98 Å². The maximum absolute atomic E-state index is 12.6. The first-order valence-electron chi connectivity index (χ1n) is 6.27. The number of rotatable bonds is 1. The van der Waals surface area contributed by atoms with Gasteiger partial charge in [-0.1, -0.05) is 12.2 Å². The summed E-state index contributed by atoms with van der Waals surface area (Å²) in [5, 5.41) is 0. The molecule has 0 saturated carbocycles. The number of pyridine rings is 1. The van der Waals surface area contributed by atoms with Crippen LogP contribution in [0, 0.1) is 11.8 Å². The number of amides is 2. The van der Waals surface area contributed by atoms with Gasteiger partial charge in [0, 0.05) is 6.20 Å². The highest BCUT2D eigenvalue weighted by molar-refractivity contribution is 6.23. The van der Waals surface area contributed by atoms with Gasteiger partial charge in [0.05, 0.1) is 35.4 Å². The van der Waals surface area contributed by atoms with Crippen molar-refractivity contribution >= 4 is 17.5 Å². The van der Waals surface area contributed by atoms with E-state index in [1.54, 1.807) is 18.3 Å². The van der Waals surface area contributed by atoms with Crippen LogP contribution in [0.4, 0.5) is 5.69 Å². The quantitative estimate of drug-likeness (QED) is 0.553. The van der Waals surface area contributed by atoms with Gasteiger partial charge in [-0.2, -0.15) is 0 Å². The van der Waals surface area contributed by atoms with Crippen LogP contribution in [-0.2, 0) is 14.3 Å². The molecule has 2 bridgehead atoms. The Morgan fingerprint density at radius 2 is 2.21 bits per heavy atom. The summed E-state index contributed by atoms with van der Waals surface area (Å²) >= 11 is 0. The summed E-state index contributed by atoms with van der Waals surface area (Å²) in [4.78, 5) is 30.3. The number of hydrogen-bond acceptors (Lipinski definition) is 4. The molecule has 4 heterocycles. The first kappa shape index (κ1) is 10.9. The lowest BCUT2D eigenvalue weighted by molar-refractivity contribution is -0.126. The zero-order valence-corrected chi connectivity index (χ0v) is 10.3. The molecule has 4 atom stereocenters. The maximum Gasteiger partial charge on any atom is 0.241 e. The molecule has 5 heteroatoms. The zero-order chi connectivity index (χ0) is 13.2. The molecule has 1 aromatic heterocycles. The fraction of sp³-hybridized carbons (Fsp3) is 0.357. The minimum Gasteiger partial charge on any atom is -0.362 e. The number of imide groups is 1. The molecular formula is C14H12N2O3. The Hall–Kier alpha value is -2.01. The van der Waals surface area contributed by atoms with Gasteiger partial charge in [-0.3, -0.25) is 14.6 Å². The van der Waals surface area contributed by atoms with Gasteiger partial charge >= 0.3 is 0 Å². The zero-order valence-electron chi connectivity index (χ0n) is 10.3. The molecule has 0 radical (unpaired) electrons. The second-order valence-corrected chi connectivity index (χ2v) is 5.35. The van der Waals surface area contributed by atoms with Crippen molar-refractivity contribution in [1.29, 1.82) is 0 Å². The Morgan fingerprint density at radius 3 is 2.89 bits per heavy atom. The molecule has 2 fully saturated rings. The standard InChI is InChI=1S/C14H12N2O3/c1-14-5-4-9(19-14)10-11(14)13(18)16(12(10)17)8-3-2-6-15-7-8/h2-7,9-11H,1H3/t9-,10+,11+,14+/m1/s1. The highest BCUT2D eigenvalue weighted by Gasteiger charge is 2.66. The van der Waals surface area contributed by atoms with E-state index < -0.39 is 11.5 Å². The third kappa shape index (κ3) is 1.20. The molecule has 2 amide bonds. The van der Waals surface area contributed by atoms with Crippen molar-refractivity contribution < 1.29 is 14.3 Å². The lowest BCUT2D eigenvalue weighted by atomic mass is 9.78. The Kier molecular flexibility index (Phi) is 1.89. The minimum atomic E-state index is -0.640. The molecule has 2 saturated heterocycles. The van der Waals surface area contributed by atoms with Crippen molar-refractivity contribution in [2.24, 2.45) is 11.8 Å². The highest BCUT2D eigenvalue weighted by atomic mass is 16.5. The largest absolute Gasteiger partial charge is 0.362 e. The Balaban J connectivity index is 1.80. The van der Waals surface area contributed by atoms with Crippen molar-refractivity contribution in [2.75, 3.05) is 4.90 Å². The van der Waals surface area contributed by atoms with Gasteiger partial charge in [0.25, 0.3) is 0 Å². The molecule has 4 rings (SSSR count). The van der Waals surface area contributed by atoms with E-state index in [9.17, 15) is 9.59 Å². The number of carbonyl (C=O) groups excluding carboxylic acids is 2. The molecule has 3 aliphatic heterocycles. The van der Waals surface area contributed by atoms with Crippen molar-refractivity contribution in [3.8, 4) is 0 Å². The van der Waals surface area contributed by atoms with Gasteiger partial charge in [0.2, 0.25) is 11.8 Å². The van der Waals surface area contributed by atoms with Crippen LogP contribution in [0.2, 0.25) is 0 Å². The molecule has 96 valence electrons. The van der Waals surface area contributed by atoms with Crippen LogP contribution >= 0.6 is 0 Å². The highest BCUT2D eigenvalue weighted by Crippen LogP contribution is 2.52. The molecule has 0 unspecified atom stereocenters. The molecule has 3 aliphatic rings. The van der Waals surface area contributed by atoms with E-state index in [0.29, 0.717) is 5.69 Å². The van der Waals surface area contributed by atoms with Crippen molar-refractivity contribution in [3.05, 3.63) is 36.7 Å². The van der Waals surface area contributed by atoms with E-state index >= 15 is 0 Å². The number of fused-ring (bicyclic) bond motifs is 5. The van der Waals surface area contributed by atoms with Crippen LogP contribution in [-0.4, -0.2) is 28.5 Å². The molecule has 0 N–H and O–H groups in total. The van der Waals surface area contributed by atoms with Gasteiger partial charge < -0.3 is 4.74 Å². The van der Waals surface area contributed by atoms with Crippen LogP contribution in [0.15, 0.2) is 36.7 Å². The first-order chi connectivity index (χ1) is 9.12. The number of aromatic nitrogens is 1. The summed E-state index contributed by atoms with van der Waals surface area (Å²) in [5.41, 5.74) is -0.103. The van der Waals surface area contributed by atoms with Crippen molar-refractivity contribution in [2.45, 2.75) is 18.6 Å². The summed E-state index contributed by atoms with van der Waals surface area (Å²) in [6.07, 6.45) is 6.67. The first-order valence-corrected chi connectivity index (χ1v) is 6.27. The van der Waals surface area contributed by atoms with Gasteiger partial charge in [-0.25, -0.2) is 4.90 Å². The maximum atomic E-state index is 12.6. The predicted molar refractivity (Wildman–Crippen MR) is 66.1 cm³/mol. The van der Waals surface area contributed by atoms with Crippen LogP contribution in [0.25, 0.3) is 0 Å². The Labute approximate surface area is 109 Å². The molecule has 5 nitrogen and oxygen atoms in total. The Bertz CT molecular complexity index is 612. The molecule has 0 aliphatic carbocycles. The van der Waals surface area contributed by atoms with E-state index in [2.05, 4.69) is 4.98 Å². The van der Waals surface area contributed by atoms with Gasteiger partial charge in [-0.15, -0.1) is 0 Å². The van der Waals surface area contributed by atoms with Gasteiger partial charge in [0.1, 0.15) is 0 Å². The number of hydrogen-bond donors (Lipinski definition) is 0. The topological polar surface area (TPSA) is 59.5 Å². The molecular weight excluding hydrogens is 244 g/mol. The number of nitrogens with zero attached hydrogens (tertiary/aromatic N) is 2. The van der Waals surface area contributed by atoms with Crippen LogP contribution in [0.5, 0.6) is 0 Å². The average molecular weight is 256 g/mol. The third-order valence-electron chi connectivity index (χ3n) is 4.23. The fourth-order valence-electron chi connectivity index (χ4n) is 3.39. The van der Waals surface area contributed by atoms with Crippen molar-refractivity contribution in [3.63, 3.8) is 0 Å². The normalized spacial score (nSPS) is 39.2. The van der Waals surface area contributed by atoms with Crippen LogP contribution in [0.1, 0.15) is 6.92 Å². The van der Waals surface area contributed by atoms with Crippen LogP contribution < -0.4 is 4.90 Å². The van der Waals surface area contributed by atoms with Gasteiger partial charge in [0.15, 0.2) is 0 Å². The number of anilines is 1. The third-order valence-corrected chi connectivity index (χ3v) is 4.23.